The molecule has 6 aliphatic heterocycles. The van der Waals surface area contributed by atoms with Crippen molar-refractivity contribution in [2.75, 3.05) is 113 Å². The number of amides is 3. The molecule has 9 fully saturated rings. The molecule has 9 aliphatic rings. The quantitative estimate of drug-likeness (QED) is 0.0476. The number of rotatable bonds is 27. The fourth-order valence-corrected chi connectivity index (χ4v) is 16.1. The summed E-state index contributed by atoms with van der Waals surface area (Å²) in [6.45, 7) is 19.0. The first kappa shape index (κ1) is 74.6. The Labute approximate surface area is 608 Å². The molecule has 3 saturated carbocycles. The third-order valence-corrected chi connectivity index (χ3v) is 23.2. The van der Waals surface area contributed by atoms with Crippen molar-refractivity contribution in [1.29, 1.82) is 0 Å². The molecule has 3 aliphatic carbocycles. The van der Waals surface area contributed by atoms with Gasteiger partial charge in [0.1, 0.15) is 0 Å². The summed E-state index contributed by atoms with van der Waals surface area (Å²) in [5, 5.41) is 0. The van der Waals surface area contributed by atoms with Gasteiger partial charge in [-0.2, -0.15) is 0 Å². The molecule has 103 heavy (non-hydrogen) atoms. The Morgan fingerprint density at radius 3 is 0.990 bits per heavy atom. The van der Waals surface area contributed by atoms with E-state index in [1.165, 1.54) is 87.1 Å². The number of aryl methyl sites for hydroxylation is 3. The molecule has 18 nitrogen and oxygen atoms in total. The Morgan fingerprint density at radius 2 is 0.718 bits per heavy atom. The highest BCUT2D eigenvalue weighted by Gasteiger charge is 2.46. The van der Waals surface area contributed by atoms with Gasteiger partial charge in [0, 0.05) is 116 Å². The van der Waals surface area contributed by atoms with Gasteiger partial charge in [-0.15, -0.1) is 0 Å². The minimum absolute atomic E-state index is 0. The molecular weight excluding hydrogens is 1310 g/mol. The first-order chi connectivity index (χ1) is 49.8. The zero-order chi connectivity index (χ0) is 70.5. The van der Waals surface area contributed by atoms with Crippen LogP contribution in [0.4, 0.5) is 31.0 Å². The van der Waals surface area contributed by atoms with Crippen LogP contribution in [0.3, 0.4) is 0 Å². The summed E-state index contributed by atoms with van der Waals surface area (Å²) >= 11 is 0. The molecule has 3 aromatic heterocycles. The molecule has 554 valence electrons. The van der Waals surface area contributed by atoms with E-state index in [0.717, 1.165) is 195 Å². The van der Waals surface area contributed by atoms with E-state index >= 15 is 0 Å². The minimum Gasteiger partial charge on any atom is -0.491 e. The maximum absolute atomic E-state index is 14.5. The zero-order valence-corrected chi connectivity index (χ0v) is 60.3. The van der Waals surface area contributed by atoms with E-state index in [1.54, 1.807) is 18.2 Å². The third-order valence-electron chi connectivity index (χ3n) is 23.2. The number of benzene rings is 3. The van der Waals surface area contributed by atoms with Crippen molar-refractivity contribution < 1.29 is 41.8 Å². The van der Waals surface area contributed by atoms with Gasteiger partial charge < -0.3 is 43.6 Å². The van der Waals surface area contributed by atoms with Crippen LogP contribution in [0, 0.1) is 77.6 Å². The van der Waals surface area contributed by atoms with Crippen LogP contribution < -0.4 is 28.9 Å². The van der Waals surface area contributed by atoms with Crippen LogP contribution in [-0.4, -0.2) is 161 Å². The lowest BCUT2D eigenvalue weighted by atomic mass is 9.90. The van der Waals surface area contributed by atoms with Crippen LogP contribution in [0.15, 0.2) is 91.8 Å². The molecule has 0 spiro atoms. The fraction of sp³-hybridized carbons (Fsp3) is 0.598. The van der Waals surface area contributed by atoms with Gasteiger partial charge in [0.05, 0.1) is 39.1 Å². The molecule has 0 unspecified atom stereocenters. The summed E-state index contributed by atoms with van der Waals surface area (Å²) in [6, 6.07) is 14.8. The highest BCUT2D eigenvalue weighted by Crippen LogP contribution is 2.52. The molecule has 15 rings (SSSR count). The predicted octanol–water partition coefficient (Wildman–Crippen LogP) is 13.6. The van der Waals surface area contributed by atoms with Gasteiger partial charge in [-0.25, -0.2) is 43.1 Å². The van der Waals surface area contributed by atoms with Crippen molar-refractivity contribution in [3.05, 3.63) is 143 Å². The molecular formula is C82H109F3N12O6. The van der Waals surface area contributed by atoms with Crippen LogP contribution in [0.2, 0.25) is 0 Å². The van der Waals surface area contributed by atoms with E-state index < -0.39 is 0 Å². The normalized spacial score (nSPS) is 22.2. The van der Waals surface area contributed by atoms with Gasteiger partial charge in [0.15, 0.2) is 34.7 Å². The second-order valence-electron chi connectivity index (χ2n) is 30.3. The van der Waals surface area contributed by atoms with Crippen LogP contribution in [0.25, 0.3) is 0 Å². The number of hydrogen-bond donors (Lipinski definition) is 0. The second-order valence-corrected chi connectivity index (χ2v) is 30.3. The van der Waals surface area contributed by atoms with Gasteiger partial charge in [0.25, 0.3) is 0 Å². The van der Waals surface area contributed by atoms with E-state index in [1.807, 2.05) is 77.0 Å². The molecule has 0 radical (unpaired) electrons. The molecule has 3 aromatic carbocycles. The topological polar surface area (TPSA) is 176 Å². The number of carbonyl (C=O) groups excluding carboxylic acids is 3. The Hall–Kier alpha value is -8.10. The van der Waals surface area contributed by atoms with E-state index in [0.29, 0.717) is 71.5 Å². The number of carbonyl (C=O) groups is 3. The number of ether oxygens (including phenoxy) is 3. The fourth-order valence-electron chi connectivity index (χ4n) is 16.1. The van der Waals surface area contributed by atoms with Gasteiger partial charge in [-0.1, -0.05) is 45.9 Å². The van der Waals surface area contributed by atoms with Crippen LogP contribution in [0.1, 0.15) is 157 Å². The van der Waals surface area contributed by atoms with Gasteiger partial charge >= 0.3 is 0 Å². The van der Waals surface area contributed by atoms with Gasteiger partial charge in [0.2, 0.25) is 35.6 Å². The van der Waals surface area contributed by atoms with E-state index in [9.17, 15) is 27.6 Å². The highest BCUT2D eigenvalue weighted by atomic mass is 19.1. The molecule has 9 heterocycles. The number of likely N-dealkylation sites (tertiary alicyclic amines) is 3. The van der Waals surface area contributed by atoms with E-state index in [-0.39, 0.29) is 61.9 Å². The Bertz CT molecular complexity index is 3730. The van der Waals surface area contributed by atoms with Crippen LogP contribution >= 0.6 is 0 Å². The molecule has 6 aromatic rings. The second kappa shape index (κ2) is 35.6. The van der Waals surface area contributed by atoms with Crippen molar-refractivity contribution in [2.24, 2.45) is 53.3 Å². The molecule has 21 heteroatoms. The van der Waals surface area contributed by atoms with Crippen LogP contribution in [-0.2, 0) is 46.5 Å². The predicted molar refractivity (Wildman–Crippen MR) is 395 cm³/mol. The molecule has 6 atom stereocenters. The average molecular weight is 1420 g/mol. The minimum atomic E-state index is -0.373. The molecule has 0 N–H and O–H groups in total. The lowest BCUT2D eigenvalue weighted by Gasteiger charge is -2.32. The lowest BCUT2D eigenvalue weighted by Crippen LogP contribution is -2.42. The summed E-state index contributed by atoms with van der Waals surface area (Å²) in [5.74, 6) is 9.21. The molecule has 3 amide bonds. The summed E-state index contributed by atoms with van der Waals surface area (Å²) in [4.78, 5) is 75.8. The summed E-state index contributed by atoms with van der Waals surface area (Å²) in [7, 11) is 0. The number of hydrogen-bond acceptors (Lipinski definition) is 15. The van der Waals surface area contributed by atoms with Crippen LogP contribution in [0.5, 0.6) is 17.2 Å². The standard InChI is InChI=1S/C28H37FN4O2.C27H35FN4O2.C26H33FN4O2.CH4/c1-2-4-21-18-30-28(31-19-21)33-12-7-22(8-13-33)24-17-23(24)9-14-35-26-6-5-20(15-25(26)29)16-27(34)32-10-3-11-32;1-2-19-17-29-27(30-18-19)32-11-6-21(7-12-32)23-16-22(23)8-13-34-25-5-4-20(14-24(25)28)15-26(33)31-9-3-10-31;1-18-16-28-26(29-17-18)31-10-5-20(6-11-31)22-15-21(22)7-12-33-24-4-3-19(13-23(24)27)14-25(32)30-8-2-9-30;/h5-6,15,18-19,22-24H,2-4,7-14,16-17H2,1H3;4-5,14,17-18,21-23H,2-3,6-13,15-16H2,1H3;3-4,13,16-17,20-22H,2,5-12,14-15H2,1H3;1H4/t23-,24-;22-,23-;21-,22-;/m111./s1. The smallest absolute Gasteiger partial charge is 0.226 e. The number of anilines is 3. The van der Waals surface area contributed by atoms with Crippen molar-refractivity contribution in [2.45, 2.75) is 163 Å². The summed E-state index contributed by atoms with van der Waals surface area (Å²) < 4.78 is 60.7. The Balaban J connectivity index is 0.000000145. The summed E-state index contributed by atoms with van der Waals surface area (Å²) in [6.07, 6.45) is 32.5. The molecule has 0 bridgehead atoms. The highest BCUT2D eigenvalue weighted by molar-refractivity contribution is 5.80. The van der Waals surface area contributed by atoms with Crippen molar-refractivity contribution in [3.8, 4) is 17.2 Å². The average Bonchev–Trinajstić information content (AvgIpc) is 1.66. The maximum Gasteiger partial charge on any atom is 0.226 e. The number of halogens is 3. The number of piperidine rings is 3. The largest absolute Gasteiger partial charge is 0.491 e. The van der Waals surface area contributed by atoms with Crippen molar-refractivity contribution in [1.82, 2.24) is 44.6 Å². The first-order valence-corrected chi connectivity index (χ1v) is 38.5. The number of aromatic nitrogens is 6. The number of nitrogens with zero attached hydrogens (tertiary/aromatic N) is 12. The zero-order valence-electron chi connectivity index (χ0n) is 60.3. The Kier molecular flexibility index (Phi) is 25.8. The SMILES string of the molecule is C.CCCc1cnc(N2CCC([C@H]3C[C@H]3CCOc3ccc(CC(=O)N4CCC4)cc3F)CC2)nc1.CCc1cnc(N2CCC([C@H]3C[C@H]3CCOc3ccc(CC(=O)N4CCC4)cc3F)CC2)nc1.Cc1cnc(N2CCC([C@H]3C[C@H]3CCOc3ccc(CC(=O)N4CCC4)cc3F)CC2)nc1. The van der Waals surface area contributed by atoms with E-state index in [4.69, 9.17) is 14.2 Å². The van der Waals surface area contributed by atoms with Gasteiger partial charge in [-0.05, 0) is 239 Å². The third kappa shape index (κ3) is 20.2. The monoisotopic (exact) mass is 1410 g/mol. The molecule has 6 saturated heterocycles. The van der Waals surface area contributed by atoms with Crippen molar-refractivity contribution >= 4 is 35.6 Å². The summed E-state index contributed by atoms with van der Waals surface area (Å²) in [5.41, 5.74) is 5.60. The Morgan fingerprint density at radius 1 is 0.417 bits per heavy atom. The lowest BCUT2D eigenvalue weighted by molar-refractivity contribution is -0.134. The first-order valence-electron chi connectivity index (χ1n) is 38.5. The van der Waals surface area contributed by atoms with Gasteiger partial charge in [-0.3, -0.25) is 14.4 Å². The van der Waals surface area contributed by atoms with E-state index in [2.05, 4.69) is 58.5 Å². The maximum atomic E-state index is 14.5. The van der Waals surface area contributed by atoms with Crippen molar-refractivity contribution in [3.63, 3.8) is 0 Å².